The van der Waals surface area contributed by atoms with Gasteiger partial charge in [-0.1, -0.05) is 29.8 Å². The van der Waals surface area contributed by atoms with Crippen LogP contribution in [0.4, 0.5) is 10.5 Å². The predicted octanol–water partition coefficient (Wildman–Crippen LogP) is 2.18. The first kappa shape index (κ1) is 20.0. The van der Waals surface area contributed by atoms with Crippen LogP contribution in [0.15, 0.2) is 48.5 Å². The van der Waals surface area contributed by atoms with Crippen molar-refractivity contribution in [2.24, 2.45) is 0 Å². The van der Waals surface area contributed by atoms with Crippen molar-refractivity contribution in [3.8, 4) is 0 Å². The number of carbonyl (C=O) groups is 3. The Bertz CT molecular complexity index is 803. The van der Waals surface area contributed by atoms with Crippen LogP contribution in [0.25, 0.3) is 0 Å². The molecule has 4 N–H and O–H groups in total. The van der Waals surface area contributed by atoms with Crippen molar-refractivity contribution < 1.29 is 14.4 Å². The van der Waals surface area contributed by atoms with Crippen molar-refractivity contribution in [2.75, 3.05) is 18.4 Å². The van der Waals surface area contributed by atoms with Crippen LogP contribution in [0.5, 0.6) is 0 Å². The summed E-state index contributed by atoms with van der Waals surface area (Å²) in [7, 11) is 0. The number of amides is 4. The molecule has 27 heavy (non-hydrogen) atoms. The van der Waals surface area contributed by atoms with E-state index in [1.165, 1.54) is 6.92 Å². The van der Waals surface area contributed by atoms with E-state index in [-0.39, 0.29) is 17.8 Å². The van der Waals surface area contributed by atoms with E-state index in [0.29, 0.717) is 30.9 Å². The number of anilines is 1. The number of urea groups is 1. The van der Waals surface area contributed by atoms with Gasteiger partial charge < -0.3 is 21.3 Å². The highest BCUT2D eigenvalue weighted by Crippen LogP contribution is 2.13. The maximum Gasteiger partial charge on any atom is 0.315 e. The quantitative estimate of drug-likeness (QED) is 0.564. The molecule has 0 aromatic heterocycles. The number of hydrogen-bond donors (Lipinski definition) is 4. The van der Waals surface area contributed by atoms with Crippen LogP contribution < -0.4 is 21.3 Å². The molecule has 0 bridgehead atoms. The van der Waals surface area contributed by atoms with Gasteiger partial charge in [-0.3, -0.25) is 9.59 Å². The third-order valence-corrected chi connectivity index (χ3v) is 3.74. The van der Waals surface area contributed by atoms with Gasteiger partial charge >= 0.3 is 6.03 Å². The Hall–Kier alpha value is -3.35. The number of aryl methyl sites for hydroxylation is 1. The molecular formula is C20H24N4O3. The summed E-state index contributed by atoms with van der Waals surface area (Å²) in [4.78, 5) is 34.8. The molecule has 0 atom stereocenters. The second-order valence-electron chi connectivity index (χ2n) is 6.11. The van der Waals surface area contributed by atoms with Crippen molar-refractivity contribution in [2.45, 2.75) is 20.4 Å². The highest BCUT2D eigenvalue weighted by Gasteiger charge is 2.06. The van der Waals surface area contributed by atoms with Crippen LogP contribution in [0.1, 0.15) is 28.4 Å². The van der Waals surface area contributed by atoms with Gasteiger partial charge in [0.05, 0.1) is 0 Å². The molecule has 7 nitrogen and oxygen atoms in total. The minimum Gasteiger partial charge on any atom is -0.355 e. The Kier molecular flexibility index (Phi) is 7.37. The van der Waals surface area contributed by atoms with Crippen molar-refractivity contribution in [3.63, 3.8) is 0 Å². The van der Waals surface area contributed by atoms with Crippen molar-refractivity contribution >= 4 is 23.5 Å². The van der Waals surface area contributed by atoms with Crippen LogP contribution in [0, 0.1) is 6.92 Å². The first-order valence-electron chi connectivity index (χ1n) is 8.67. The molecule has 0 saturated carbocycles. The van der Waals surface area contributed by atoms with E-state index >= 15 is 0 Å². The summed E-state index contributed by atoms with van der Waals surface area (Å²) in [6, 6.07) is 14.3. The molecule has 0 heterocycles. The molecule has 4 amide bonds. The van der Waals surface area contributed by atoms with Gasteiger partial charge in [0.2, 0.25) is 5.91 Å². The van der Waals surface area contributed by atoms with Crippen molar-refractivity contribution in [1.29, 1.82) is 0 Å². The lowest BCUT2D eigenvalue weighted by Gasteiger charge is -2.10. The Morgan fingerprint density at radius 1 is 0.889 bits per heavy atom. The Morgan fingerprint density at radius 3 is 2.30 bits per heavy atom. The Balaban J connectivity index is 1.82. The summed E-state index contributed by atoms with van der Waals surface area (Å²) in [5, 5.41) is 10.8. The number of carbonyl (C=O) groups excluding carboxylic acids is 3. The maximum atomic E-state index is 12.3. The van der Waals surface area contributed by atoms with Gasteiger partial charge in [-0.2, -0.15) is 0 Å². The van der Waals surface area contributed by atoms with Gasteiger partial charge in [-0.15, -0.1) is 0 Å². The molecule has 2 aromatic carbocycles. The second kappa shape index (κ2) is 9.96. The van der Waals surface area contributed by atoms with Crippen LogP contribution >= 0.6 is 0 Å². The van der Waals surface area contributed by atoms with Gasteiger partial charge in [-0.05, 0) is 36.8 Å². The molecule has 0 aliphatic heterocycles. The van der Waals surface area contributed by atoms with E-state index in [9.17, 15) is 14.4 Å². The molecule has 7 heteroatoms. The number of nitrogens with one attached hydrogen (secondary N) is 4. The third kappa shape index (κ3) is 7.19. The van der Waals surface area contributed by atoms with Gasteiger partial charge in [0, 0.05) is 37.8 Å². The van der Waals surface area contributed by atoms with E-state index in [0.717, 1.165) is 11.1 Å². The highest BCUT2D eigenvalue weighted by molar-refractivity contribution is 6.04. The molecule has 2 aromatic rings. The zero-order valence-electron chi connectivity index (χ0n) is 15.5. The summed E-state index contributed by atoms with van der Waals surface area (Å²) < 4.78 is 0. The second-order valence-corrected chi connectivity index (χ2v) is 6.11. The molecule has 0 saturated heterocycles. The van der Waals surface area contributed by atoms with Gasteiger partial charge in [0.25, 0.3) is 5.91 Å². The number of hydrogen-bond acceptors (Lipinski definition) is 3. The van der Waals surface area contributed by atoms with E-state index in [1.807, 2.05) is 37.3 Å². The molecule has 0 radical (unpaired) electrons. The summed E-state index contributed by atoms with van der Waals surface area (Å²) in [6.45, 7) is 4.43. The maximum absolute atomic E-state index is 12.3. The lowest BCUT2D eigenvalue weighted by atomic mass is 10.1. The molecule has 0 spiro atoms. The summed E-state index contributed by atoms with van der Waals surface area (Å²) in [5.41, 5.74) is 3.19. The van der Waals surface area contributed by atoms with Crippen LogP contribution in [-0.4, -0.2) is 30.9 Å². The Morgan fingerprint density at radius 2 is 1.59 bits per heavy atom. The largest absolute Gasteiger partial charge is 0.355 e. The molecule has 2 rings (SSSR count). The molecule has 0 aliphatic carbocycles. The van der Waals surface area contributed by atoms with E-state index in [2.05, 4.69) is 21.3 Å². The van der Waals surface area contributed by atoms with E-state index < -0.39 is 0 Å². The van der Waals surface area contributed by atoms with E-state index in [4.69, 9.17) is 0 Å². The molecule has 0 aliphatic rings. The minimum absolute atomic E-state index is 0.137. The first-order chi connectivity index (χ1) is 12.9. The van der Waals surface area contributed by atoms with Crippen LogP contribution in [-0.2, 0) is 11.3 Å². The zero-order chi connectivity index (χ0) is 19.6. The average Bonchev–Trinajstić information content (AvgIpc) is 2.64. The predicted molar refractivity (Wildman–Crippen MR) is 104 cm³/mol. The SMILES string of the molecule is CC(=O)NCCNC(=O)NCc1cccc(NC(=O)c2ccc(C)cc2)c1. The lowest BCUT2D eigenvalue weighted by molar-refractivity contribution is -0.118. The standard InChI is InChI=1S/C20H24N4O3/c1-14-6-8-17(9-7-14)19(26)24-18-5-3-4-16(12-18)13-23-20(27)22-11-10-21-15(2)25/h3-9,12H,10-11,13H2,1-2H3,(H,21,25)(H,24,26)(H2,22,23,27). The molecule has 142 valence electrons. The zero-order valence-corrected chi connectivity index (χ0v) is 15.5. The third-order valence-electron chi connectivity index (χ3n) is 3.74. The smallest absolute Gasteiger partial charge is 0.315 e. The average molecular weight is 368 g/mol. The fourth-order valence-corrected chi connectivity index (χ4v) is 2.33. The number of benzene rings is 2. The first-order valence-corrected chi connectivity index (χ1v) is 8.67. The fourth-order valence-electron chi connectivity index (χ4n) is 2.33. The topological polar surface area (TPSA) is 99.3 Å². The molecular weight excluding hydrogens is 344 g/mol. The fraction of sp³-hybridized carbons (Fsp3) is 0.250. The normalized spacial score (nSPS) is 10.0. The van der Waals surface area contributed by atoms with Crippen molar-refractivity contribution in [3.05, 3.63) is 65.2 Å². The van der Waals surface area contributed by atoms with Crippen LogP contribution in [0.2, 0.25) is 0 Å². The summed E-state index contributed by atoms with van der Waals surface area (Å²) >= 11 is 0. The lowest BCUT2D eigenvalue weighted by Crippen LogP contribution is -2.39. The summed E-state index contributed by atoms with van der Waals surface area (Å²) in [6.07, 6.45) is 0. The van der Waals surface area contributed by atoms with Crippen molar-refractivity contribution in [1.82, 2.24) is 16.0 Å². The van der Waals surface area contributed by atoms with Gasteiger partial charge in [0.15, 0.2) is 0 Å². The van der Waals surface area contributed by atoms with Gasteiger partial charge in [-0.25, -0.2) is 4.79 Å². The van der Waals surface area contributed by atoms with E-state index in [1.54, 1.807) is 18.2 Å². The monoisotopic (exact) mass is 368 g/mol. The Labute approximate surface area is 158 Å². The minimum atomic E-state index is -0.325. The highest BCUT2D eigenvalue weighted by atomic mass is 16.2. The summed E-state index contributed by atoms with van der Waals surface area (Å²) in [5.74, 6) is -0.322. The number of rotatable bonds is 7. The molecule has 0 unspecified atom stereocenters. The van der Waals surface area contributed by atoms with Gasteiger partial charge in [0.1, 0.15) is 0 Å². The van der Waals surface area contributed by atoms with Crippen LogP contribution in [0.3, 0.4) is 0 Å². The molecule has 0 fully saturated rings.